The van der Waals surface area contributed by atoms with Crippen LogP contribution >= 0.6 is 0 Å². The van der Waals surface area contributed by atoms with Crippen molar-refractivity contribution in [2.75, 3.05) is 45.7 Å². The first kappa shape index (κ1) is 26.0. The van der Waals surface area contributed by atoms with Crippen LogP contribution in [0.1, 0.15) is 41.2 Å². The number of fused-ring (bicyclic) bond motifs is 1. The molecule has 0 fully saturated rings. The fourth-order valence-corrected chi connectivity index (χ4v) is 4.71. The van der Waals surface area contributed by atoms with E-state index in [1.54, 1.807) is 20.3 Å². The Morgan fingerprint density at radius 3 is 2.51 bits per heavy atom. The highest BCUT2D eigenvalue weighted by molar-refractivity contribution is 6.35. The molecule has 0 spiro atoms. The highest BCUT2D eigenvalue weighted by atomic mass is 16.5. The van der Waals surface area contributed by atoms with Gasteiger partial charge in [0.15, 0.2) is 0 Å². The first-order valence-electron chi connectivity index (χ1n) is 12.5. The number of nitrogens with one attached hydrogen (secondary N) is 3. The van der Waals surface area contributed by atoms with Gasteiger partial charge in [-0.05, 0) is 50.4 Å². The number of ether oxygens (including phenoxy) is 2. The monoisotopic (exact) mass is 502 g/mol. The minimum absolute atomic E-state index is 0.176. The molecule has 0 unspecified atom stereocenters. The van der Waals surface area contributed by atoms with E-state index in [-0.39, 0.29) is 11.8 Å². The van der Waals surface area contributed by atoms with Gasteiger partial charge >= 0.3 is 0 Å². The SMILES string of the molecule is CCN(CC)CCNC(=O)c1c(C)[nH]c(/C=C2\C(=O)Nc3ccc(OC)cc32)c1-c1ccccc1OC. The number of hydrogen-bond donors (Lipinski definition) is 3. The molecular weight excluding hydrogens is 468 g/mol. The number of benzene rings is 2. The minimum Gasteiger partial charge on any atom is -0.497 e. The van der Waals surface area contributed by atoms with E-state index < -0.39 is 0 Å². The van der Waals surface area contributed by atoms with Crippen molar-refractivity contribution >= 4 is 29.2 Å². The van der Waals surface area contributed by atoms with E-state index in [2.05, 4.69) is 34.4 Å². The number of rotatable bonds is 10. The number of H-pyrrole nitrogens is 1. The van der Waals surface area contributed by atoms with E-state index in [4.69, 9.17) is 9.47 Å². The number of carbonyl (C=O) groups is 2. The Labute approximate surface area is 217 Å². The van der Waals surface area contributed by atoms with Crippen molar-refractivity contribution in [3.63, 3.8) is 0 Å². The average Bonchev–Trinajstić information content (AvgIpc) is 3.41. The number of aryl methyl sites for hydroxylation is 1. The molecule has 37 heavy (non-hydrogen) atoms. The summed E-state index contributed by atoms with van der Waals surface area (Å²) in [7, 11) is 3.20. The topological polar surface area (TPSA) is 95.7 Å². The lowest BCUT2D eigenvalue weighted by Gasteiger charge is -2.18. The minimum atomic E-state index is -0.216. The maximum absolute atomic E-state index is 13.5. The number of aromatic nitrogens is 1. The lowest BCUT2D eigenvalue weighted by atomic mass is 9.96. The van der Waals surface area contributed by atoms with Crippen LogP contribution in [0.5, 0.6) is 11.5 Å². The second-order valence-electron chi connectivity index (χ2n) is 8.82. The number of para-hydroxylation sites is 1. The number of anilines is 1. The predicted octanol–water partition coefficient (Wildman–Crippen LogP) is 4.57. The molecule has 0 saturated heterocycles. The molecule has 194 valence electrons. The molecule has 3 aromatic rings. The van der Waals surface area contributed by atoms with Crippen LogP contribution in [0.4, 0.5) is 5.69 Å². The van der Waals surface area contributed by atoms with E-state index in [0.29, 0.717) is 51.8 Å². The van der Waals surface area contributed by atoms with Crippen molar-refractivity contribution in [2.45, 2.75) is 20.8 Å². The maximum atomic E-state index is 13.5. The van der Waals surface area contributed by atoms with Crippen molar-refractivity contribution < 1.29 is 19.1 Å². The molecule has 4 rings (SSSR count). The predicted molar refractivity (Wildman–Crippen MR) is 147 cm³/mol. The Morgan fingerprint density at radius 1 is 1.05 bits per heavy atom. The van der Waals surface area contributed by atoms with Gasteiger partial charge in [0.05, 0.1) is 25.4 Å². The van der Waals surface area contributed by atoms with Crippen molar-refractivity contribution in [3.05, 3.63) is 65.0 Å². The smallest absolute Gasteiger partial charge is 0.256 e. The molecule has 2 aromatic carbocycles. The number of carbonyl (C=O) groups excluding carboxylic acids is 2. The molecule has 1 aliphatic heterocycles. The molecular formula is C29H34N4O4. The van der Waals surface area contributed by atoms with Gasteiger partial charge in [-0.25, -0.2) is 0 Å². The van der Waals surface area contributed by atoms with Crippen molar-refractivity contribution in [3.8, 4) is 22.6 Å². The zero-order valence-corrected chi connectivity index (χ0v) is 22.0. The van der Waals surface area contributed by atoms with Gasteiger partial charge in [-0.15, -0.1) is 0 Å². The fraction of sp³-hybridized carbons (Fsp3) is 0.310. The number of aromatic amines is 1. The number of likely N-dealkylation sites (N-methyl/N-ethyl adjacent to an activating group) is 1. The van der Waals surface area contributed by atoms with Gasteiger partial charge in [0.1, 0.15) is 11.5 Å². The standard InChI is InChI=1S/C29H34N4O4/c1-6-33(7-2)15-14-30-29(35)26-18(3)31-24(27(26)20-10-8-9-11-25(20)37-5)17-22-21-16-19(36-4)12-13-23(21)32-28(22)34/h8-13,16-17,31H,6-7,14-15H2,1-5H3,(H,30,35)(H,32,34)/b22-17-. The lowest BCUT2D eigenvalue weighted by Crippen LogP contribution is -2.35. The summed E-state index contributed by atoms with van der Waals surface area (Å²) in [5, 5.41) is 5.98. The van der Waals surface area contributed by atoms with Crippen LogP contribution in [0, 0.1) is 6.92 Å². The Hall–Kier alpha value is -4.04. The summed E-state index contributed by atoms with van der Waals surface area (Å²) in [5.74, 6) is 0.898. The Balaban J connectivity index is 1.82. The molecule has 8 nitrogen and oxygen atoms in total. The number of nitrogens with zero attached hydrogens (tertiary/aromatic N) is 1. The highest BCUT2D eigenvalue weighted by Gasteiger charge is 2.28. The molecule has 2 amide bonds. The van der Waals surface area contributed by atoms with Crippen LogP contribution in [0.3, 0.4) is 0 Å². The van der Waals surface area contributed by atoms with Crippen molar-refractivity contribution in [1.82, 2.24) is 15.2 Å². The number of methoxy groups -OCH3 is 2. The van der Waals surface area contributed by atoms with Crippen LogP contribution in [-0.2, 0) is 4.79 Å². The zero-order valence-electron chi connectivity index (χ0n) is 22.0. The van der Waals surface area contributed by atoms with Gasteiger partial charge in [-0.2, -0.15) is 0 Å². The van der Waals surface area contributed by atoms with Gasteiger partial charge in [-0.3, -0.25) is 9.59 Å². The second-order valence-corrected chi connectivity index (χ2v) is 8.82. The lowest BCUT2D eigenvalue weighted by molar-refractivity contribution is -0.110. The first-order valence-corrected chi connectivity index (χ1v) is 12.5. The van der Waals surface area contributed by atoms with E-state index in [9.17, 15) is 9.59 Å². The molecule has 0 aliphatic carbocycles. The van der Waals surface area contributed by atoms with Gasteiger partial charge in [0, 0.05) is 46.9 Å². The zero-order chi connectivity index (χ0) is 26.5. The third kappa shape index (κ3) is 5.24. The highest BCUT2D eigenvalue weighted by Crippen LogP contribution is 2.40. The van der Waals surface area contributed by atoms with Crippen LogP contribution in [0.25, 0.3) is 22.8 Å². The maximum Gasteiger partial charge on any atom is 0.256 e. The van der Waals surface area contributed by atoms with Gasteiger partial charge < -0.3 is 30.0 Å². The second kappa shape index (κ2) is 11.3. The fourth-order valence-electron chi connectivity index (χ4n) is 4.71. The molecule has 0 radical (unpaired) electrons. The molecule has 3 N–H and O–H groups in total. The van der Waals surface area contributed by atoms with E-state index in [1.165, 1.54) is 0 Å². The van der Waals surface area contributed by atoms with Gasteiger partial charge in [-0.1, -0.05) is 32.0 Å². The largest absolute Gasteiger partial charge is 0.497 e. The van der Waals surface area contributed by atoms with E-state index in [1.807, 2.05) is 49.4 Å². The third-order valence-electron chi connectivity index (χ3n) is 6.73. The average molecular weight is 503 g/mol. The van der Waals surface area contributed by atoms with E-state index >= 15 is 0 Å². The normalized spacial score (nSPS) is 13.6. The Morgan fingerprint density at radius 2 is 1.81 bits per heavy atom. The molecule has 1 aromatic heterocycles. The number of hydrogen-bond acceptors (Lipinski definition) is 5. The molecule has 0 saturated carbocycles. The van der Waals surface area contributed by atoms with Crippen molar-refractivity contribution in [2.24, 2.45) is 0 Å². The van der Waals surface area contributed by atoms with Gasteiger partial charge in [0.2, 0.25) is 0 Å². The first-order chi connectivity index (χ1) is 17.9. The van der Waals surface area contributed by atoms with Crippen molar-refractivity contribution in [1.29, 1.82) is 0 Å². The number of amides is 2. The molecule has 1 aliphatic rings. The summed E-state index contributed by atoms with van der Waals surface area (Å²) in [5.41, 5.74) is 5.28. The summed E-state index contributed by atoms with van der Waals surface area (Å²) >= 11 is 0. The summed E-state index contributed by atoms with van der Waals surface area (Å²) in [6, 6.07) is 13.0. The van der Waals surface area contributed by atoms with E-state index in [0.717, 1.165) is 30.8 Å². The van der Waals surface area contributed by atoms with Crippen LogP contribution in [-0.4, -0.2) is 62.1 Å². The summed E-state index contributed by atoms with van der Waals surface area (Å²) in [6.45, 7) is 9.22. The summed E-state index contributed by atoms with van der Waals surface area (Å²) in [6.07, 6.45) is 1.79. The molecule has 0 atom stereocenters. The molecule has 0 bridgehead atoms. The Bertz CT molecular complexity index is 1340. The van der Waals surface area contributed by atoms with Crippen LogP contribution in [0.15, 0.2) is 42.5 Å². The van der Waals surface area contributed by atoms with Gasteiger partial charge in [0.25, 0.3) is 11.8 Å². The van der Waals surface area contributed by atoms with Crippen LogP contribution in [0.2, 0.25) is 0 Å². The Kier molecular flexibility index (Phi) is 7.98. The van der Waals surface area contributed by atoms with Crippen LogP contribution < -0.4 is 20.1 Å². The third-order valence-corrected chi connectivity index (χ3v) is 6.73. The summed E-state index contributed by atoms with van der Waals surface area (Å²) in [4.78, 5) is 32.1. The summed E-state index contributed by atoms with van der Waals surface area (Å²) < 4.78 is 11.0. The molecule has 2 heterocycles. The quantitative estimate of drug-likeness (QED) is 0.353. The molecule has 8 heteroatoms.